The molecule has 6 heteroatoms. The molecule has 0 amide bonds. The maximum Gasteiger partial charge on any atom is 0.306 e. The van der Waals surface area contributed by atoms with Crippen molar-refractivity contribution in [3.05, 3.63) is 89.0 Å². The monoisotopic (exact) mass is 380 g/mol. The second-order valence-corrected chi connectivity index (χ2v) is 5.86. The van der Waals surface area contributed by atoms with Gasteiger partial charge in [-0.25, -0.2) is 13.2 Å². The lowest BCUT2D eigenvalue weighted by atomic mass is 9.99. The average molecular weight is 381 g/mol. The van der Waals surface area contributed by atoms with Crippen LogP contribution in [0.1, 0.15) is 5.56 Å². The molecule has 0 spiro atoms. The van der Waals surface area contributed by atoms with Gasteiger partial charge in [0.2, 0.25) is 0 Å². The highest BCUT2D eigenvalue weighted by molar-refractivity contribution is 6.31. The van der Waals surface area contributed by atoms with E-state index in [9.17, 15) is 22.0 Å². The fraction of sp³-hybridized carbons (Fsp3) is 0. The molecule has 0 saturated carbocycles. The smallest absolute Gasteiger partial charge is 0.205 e. The highest BCUT2D eigenvalue weighted by Gasteiger charge is 2.11. The van der Waals surface area contributed by atoms with E-state index in [0.29, 0.717) is 16.7 Å². The zero-order valence-electron chi connectivity index (χ0n) is 13.0. The molecular weight excluding hydrogens is 371 g/mol. The van der Waals surface area contributed by atoms with Crippen molar-refractivity contribution in [2.75, 3.05) is 0 Å². The first kappa shape index (κ1) is 18.1. The largest absolute Gasteiger partial charge is 0.306 e. The van der Waals surface area contributed by atoms with Crippen LogP contribution in [-0.2, 0) is 0 Å². The predicted molar refractivity (Wildman–Crippen MR) is 92.5 cm³/mol. The summed E-state index contributed by atoms with van der Waals surface area (Å²) in [4.78, 5) is 0. The summed E-state index contributed by atoms with van der Waals surface area (Å²) >= 11 is 5.47. The summed E-state index contributed by atoms with van der Waals surface area (Å²) in [6, 6.07) is 14.5. The molecule has 0 aliphatic heterocycles. The molecule has 3 rings (SSSR count). The summed E-state index contributed by atoms with van der Waals surface area (Å²) in [5, 5.41) is -0.559. The summed E-state index contributed by atoms with van der Waals surface area (Å²) in [6.45, 7) is 0. The Morgan fingerprint density at radius 3 is 1.42 bits per heavy atom. The van der Waals surface area contributed by atoms with Crippen molar-refractivity contribution in [1.82, 2.24) is 0 Å². The molecule has 0 unspecified atom stereocenters. The first-order chi connectivity index (χ1) is 12.4. The summed E-state index contributed by atoms with van der Waals surface area (Å²) < 4.78 is 64.9. The van der Waals surface area contributed by atoms with E-state index in [0.717, 1.165) is 17.7 Å². The van der Waals surface area contributed by atoms with Crippen LogP contribution in [0.5, 0.6) is 0 Å². The van der Waals surface area contributed by atoms with E-state index in [1.165, 1.54) is 24.3 Å². The molecule has 0 fully saturated rings. The van der Waals surface area contributed by atoms with Gasteiger partial charge in [0.25, 0.3) is 0 Å². The SMILES string of the molecule is FC(F)=C(F)c1ccc(-c2ccc(-c3cc(F)c(Cl)c(F)c3)cc2)cc1. The number of hydrogen-bond donors (Lipinski definition) is 0. The van der Waals surface area contributed by atoms with E-state index in [2.05, 4.69) is 0 Å². The standard InChI is InChI=1S/C20H10ClF5/c21-18-16(22)9-15(10-17(18)23)13-3-1-11(2-4-13)12-5-7-14(8-6-12)19(24)20(25)26/h1-10H. The summed E-state index contributed by atoms with van der Waals surface area (Å²) in [5.74, 6) is -3.26. The molecule has 0 nitrogen and oxygen atoms in total. The van der Waals surface area contributed by atoms with Crippen molar-refractivity contribution in [2.24, 2.45) is 0 Å². The van der Waals surface area contributed by atoms with E-state index in [4.69, 9.17) is 11.6 Å². The average Bonchev–Trinajstić information content (AvgIpc) is 2.65. The van der Waals surface area contributed by atoms with Crippen LogP contribution in [0.25, 0.3) is 28.1 Å². The van der Waals surface area contributed by atoms with Crippen LogP contribution in [0.2, 0.25) is 5.02 Å². The van der Waals surface area contributed by atoms with E-state index in [-0.39, 0.29) is 5.56 Å². The van der Waals surface area contributed by atoms with Crippen LogP contribution >= 0.6 is 11.6 Å². The molecule has 0 N–H and O–H groups in total. The molecule has 0 radical (unpaired) electrons. The van der Waals surface area contributed by atoms with Crippen molar-refractivity contribution in [1.29, 1.82) is 0 Å². The third kappa shape index (κ3) is 3.63. The summed E-state index contributed by atoms with van der Waals surface area (Å²) in [5.41, 5.74) is 2.11. The minimum atomic E-state index is -2.37. The van der Waals surface area contributed by atoms with Gasteiger partial charge in [0, 0.05) is 5.56 Å². The molecular formula is C20H10ClF5. The van der Waals surface area contributed by atoms with Gasteiger partial charge in [-0.15, -0.1) is 0 Å². The number of halogens is 6. The second-order valence-electron chi connectivity index (χ2n) is 5.48. The van der Waals surface area contributed by atoms with Gasteiger partial charge < -0.3 is 0 Å². The van der Waals surface area contributed by atoms with Crippen LogP contribution in [0.15, 0.2) is 66.7 Å². The lowest BCUT2D eigenvalue weighted by molar-refractivity contribution is 0.410. The van der Waals surface area contributed by atoms with E-state index in [1.807, 2.05) is 0 Å². The van der Waals surface area contributed by atoms with Crippen LogP contribution in [0.4, 0.5) is 22.0 Å². The van der Waals surface area contributed by atoms with Crippen LogP contribution in [0.3, 0.4) is 0 Å². The first-order valence-corrected chi connectivity index (χ1v) is 7.81. The number of rotatable bonds is 3. The number of benzene rings is 3. The Balaban J connectivity index is 1.89. The van der Waals surface area contributed by atoms with Crippen molar-refractivity contribution < 1.29 is 22.0 Å². The summed E-state index contributed by atoms with van der Waals surface area (Å²) in [6.07, 6.45) is -2.37. The van der Waals surface area contributed by atoms with Gasteiger partial charge in [0.15, 0.2) is 5.83 Å². The molecule has 0 aliphatic carbocycles. The lowest BCUT2D eigenvalue weighted by Gasteiger charge is -2.07. The van der Waals surface area contributed by atoms with E-state index < -0.39 is 28.6 Å². The highest BCUT2D eigenvalue weighted by atomic mass is 35.5. The second kappa shape index (κ2) is 7.30. The normalized spacial score (nSPS) is 10.7. The molecule has 0 bridgehead atoms. The Bertz CT molecular complexity index is 949. The van der Waals surface area contributed by atoms with Gasteiger partial charge in [0.05, 0.1) is 0 Å². The Morgan fingerprint density at radius 1 is 0.615 bits per heavy atom. The zero-order valence-corrected chi connectivity index (χ0v) is 13.8. The fourth-order valence-corrected chi connectivity index (χ4v) is 2.60. The Hall–Kier alpha value is -2.66. The maximum atomic E-state index is 13.6. The van der Waals surface area contributed by atoms with Crippen LogP contribution in [0, 0.1) is 11.6 Å². The summed E-state index contributed by atoms with van der Waals surface area (Å²) in [7, 11) is 0. The highest BCUT2D eigenvalue weighted by Crippen LogP contribution is 2.30. The topological polar surface area (TPSA) is 0 Å². The van der Waals surface area contributed by atoms with E-state index in [1.54, 1.807) is 24.3 Å². The zero-order chi connectivity index (χ0) is 18.8. The quantitative estimate of drug-likeness (QED) is 0.326. The van der Waals surface area contributed by atoms with Gasteiger partial charge in [-0.1, -0.05) is 60.1 Å². The molecule has 0 heterocycles. The maximum absolute atomic E-state index is 13.6. The molecule has 0 aliphatic rings. The predicted octanol–water partition coefficient (Wildman–Crippen LogP) is 7.49. The van der Waals surface area contributed by atoms with Crippen molar-refractivity contribution in [3.63, 3.8) is 0 Å². The lowest BCUT2D eigenvalue weighted by Crippen LogP contribution is -1.87. The van der Waals surface area contributed by atoms with Gasteiger partial charge in [0.1, 0.15) is 16.7 Å². The van der Waals surface area contributed by atoms with Crippen LogP contribution < -0.4 is 0 Å². The Morgan fingerprint density at radius 2 is 1.00 bits per heavy atom. The van der Waals surface area contributed by atoms with Crippen molar-refractivity contribution >= 4 is 17.4 Å². The van der Waals surface area contributed by atoms with Gasteiger partial charge in [-0.2, -0.15) is 8.78 Å². The fourth-order valence-electron chi connectivity index (χ4n) is 2.50. The molecule has 0 saturated heterocycles. The Kier molecular flexibility index (Phi) is 5.09. The van der Waals surface area contributed by atoms with Gasteiger partial charge >= 0.3 is 6.08 Å². The third-order valence-electron chi connectivity index (χ3n) is 3.84. The molecule has 132 valence electrons. The number of hydrogen-bond acceptors (Lipinski definition) is 0. The third-order valence-corrected chi connectivity index (χ3v) is 4.20. The van der Waals surface area contributed by atoms with Gasteiger partial charge in [-0.3, -0.25) is 0 Å². The van der Waals surface area contributed by atoms with Crippen molar-refractivity contribution in [2.45, 2.75) is 0 Å². The van der Waals surface area contributed by atoms with Crippen molar-refractivity contribution in [3.8, 4) is 22.3 Å². The minimum absolute atomic E-state index is 0.211. The first-order valence-electron chi connectivity index (χ1n) is 7.43. The molecule has 0 aromatic heterocycles. The molecule has 3 aromatic rings. The van der Waals surface area contributed by atoms with Gasteiger partial charge in [-0.05, 0) is 34.4 Å². The molecule has 0 atom stereocenters. The minimum Gasteiger partial charge on any atom is -0.205 e. The molecule has 26 heavy (non-hydrogen) atoms. The Labute approximate surface area is 151 Å². The van der Waals surface area contributed by atoms with E-state index >= 15 is 0 Å². The van der Waals surface area contributed by atoms with Crippen LogP contribution in [-0.4, -0.2) is 0 Å². The molecule has 3 aromatic carbocycles.